The molecule has 1 aromatic heterocycles. The first kappa shape index (κ1) is 17.4. The van der Waals surface area contributed by atoms with E-state index in [0.717, 1.165) is 26.9 Å². The molecule has 0 spiro atoms. The number of benzene rings is 2. The van der Waals surface area contributed by atoms with E-state index in [1.165, 1.54) is 6.20 Å². The summed E-state index contributed by atoms with van der Waals surface area (Å²) >= 11 is 0. The molecule has 0 aliphatic rings. The number of rotatable bonds is 5. The zero-order valence-electron chi connectivity index (χ0n) is 14.5. The molecule has 0 unspecified atom stereocenters. The van der Waals surface area contributed by atoms with E-state index < -0.39 is 0 Å². The van der Waals surface area contributed by atoms with Crippen LogP contribution in [-0.2, 0) is 4.79 Å². The second kappa shape index (κ2) is 7.61. The monoisotopic (exact) mass is 346 g/mol. The Kier molecular flexibility index (Phi) is 5.08. The van der Waals surface area contributed by atoms with Gasteiger partial charge in [-0.25, -0.2) is 4.98 Å². The minimum absolute atomic E-state index is 0.375. The minimum atomic E-state index is -0.375. The van der Waals surface area contributed by atoms with Gasteiger partial charge in [-0.05, 0) is 30.7 Å². The molecule has 0 fully saturated rings. The Morgan fingerprint density at radius 1 is 1.08 bits per heavy atom. The molecule has 0 aliphatic carbocycles. The van der Waals surface area contributed by atoms with Crippen molar-refractivity contribution in [1.82, 2.24) is 9.88 Å². The molecule has 0 bridgehead atoms. The lowest BCUT2D eigenvalue weighted by atomic mass is 10.1. The van der Waals surface area contributed by atoms with E-state index >= 15 is 0 Å². The maximum absolute atomic E-state index is 12.6. The minimum Gasteiger partial charge on any atom is -0.481 e. The summed E-state index contributed by atoms with van der Waals surface area (Å²) in [6.45, 7) is 1.83. The highest BCUT2D eigenvalue weighted by atomic mass is 16.5. The quantitative estimate of drug-likeness (QED) is 0.659. The van der Waals surface area contributed by atoms with Crippen LogP contribution in [0.1, 0.15) is 21.5 Å². The number of amides is 2. The van der Waals surface area contributed by atoms with Crippen LogP contribution < -0.4 is 4.74 Å². The zero-order valence-corrected chi connectivity index (χ0v) is 14.5. The van der Waals surface area contributed by atoms with Crippen LogP contribution >= 0.6 is 0 Å². The Morgan fingerprint density at radius 2 is 1.88 bits per heavy atom. The first-order valence-electron chi connectivity index (χ1n) is 8.09. The number of fused-ring (bicyclic) bond motifs is 1. The number of nitrogens with zero attached hydrogens (tertiary/aromatic N) is 2. The SMILES string of the molecule is COc1ccc2cccc(/C=C/N(C=O)C(=O)c3ccccc3C)c2n1. The average Bonchev–Trinajstić information content (AvgIpc) is 2.68. The second-order valence-electron chi connectivity index (χ2n) is 5.72. The molecule has 5 nitrogen and oxygen atoms in total. The van der Waals surface area contributed by atoms with Gasteiger partial charge in [-0.3, -0.25) is 14.5 Å². The van der Waals surface area contributed by atoms with Gasteiger partial charge >= 0.3 is 0 Å². The molecule has 130 valence electrons. The lowest BCUT2D eigenvalue weighted by Gasteiger charge is -2.12. The van der Waals surface area contributed by atoms with Crippen molar-refractivity contribution in [2.45, 2.75) is 6.92 Å². The molecule has 1 heterocycles. The van der Waals surface area contributed by atoms with E-state index in [2.05, 4.69) is 4.98 Å². The Bertz CT molecular complexity index is 995. The summed E-state index contributed by atoms with van der Waals surface area (Å²) in [5.41, 5.74) is 2.82. The lowest BCUT2D eigenvalue weighted by Crippen LogP contribution is -2.24. The Morgan fingerprint density at radius 3 is 2.62 bits per heavy atom. The largest absolute Gasteiger partial charge is 0.481 e. The normalized spacial score (nSPS) is 10.8. The Hall–Kier alpha value is -3.47. The molecule has 0 saturated carbocycles. The third-order valence-electron chi connectivity index (χ3n) is 4.07. The fraction of sp³-hybridized carbons (Fsp3) is 0.0952. The number of hydrogen-bond donors (Lipinski definition) is 0. The van der Waals surface area contributed by atoms with Crippen molar-refractivity contribution in [1.29, 1.82) is 0 Å². The summed E-state index contributed by atoms with van der Waals surface area (Å²) in [7, 11) is 1.56. The Balaban J connectivity index is 1.95. The highest BCUT2D eigenvalue weighted by Crippen LogP contribution is 2.21. The fourth-order valence-electron chi connectivity index (χ4n) is 2.66. The van der Waals surface area contributed by atoms with Gasteiger partial charge in [-0.15, -0.1) is 0 Å². The average molecular weight is 346 g/mol. The van der Waals surface area contributed by atoms with E-state index in [1.807, 2.05) is 43.3 Å². The first-order chi connectivity index (χ1) is 12.6. The zero-order chi connectivity index (χ0) is 18.5. The van der Waals surface area contributed by atoms with Gasteiger partial charge in [0.15, 0.2) is 0 Å². The molecular formula is C21H18N2O3. The van der Waals surface area contributed by atoms with Crippen molar-refractivity contribution in [3.63, 3.8) is 0 Å². The lowest BCUT2D eigenvalue weighted by molar-refractivity contribution is -0.114. The van der Waals surface area contributed by atoms with Crippen LogP contribution in [0.3, 0.4) is 0 Å². The number of ether oxygens (including phenoxy) is 1. The van der Waals surface area contributed by atoms with Gasteiger partial charge in [-0.2, -0.15) is 0 Å². The smallest absolute Gasteiger partial charge is 0.264 e. The predicted octanol–water partition coefficient (Wildman–Crippen LogP) is 3.82. The molecule has 3 aromatic rings. The third kappa shape index (κ3) is 3.47. The number of methoxy groups -OCH3 is 1. The van der Waals surface area contributed by atoms with Gasteiger partial charge in [0.25, 0.3) is 5.91 Å². The third-order valence-corrected chi connectivity index (χ3v) is 4.07. The maximum atomic E-state index is 12.6. The van der Waals surface area contributed by atoms with Gasteiger partial charge in [0, 0.05) is 28.8 Å². The van der Waals surface area contributed by atoms with Gasteiger partial charge in [-0.1, -0.05) is 36.4 Å². The summed E-state index contributed by atoms with van der Waals surface area (Å²) in [5, 5.41) is 0.941. The molecule has 0 aliphatic heterocycles. The van der Waals surface area contributed by atoms with Crippen LogP contribution in [0.2, 0.25) is 0 Å². The summed E-state index contributed by atoms with van der Waals surface area (Å²) < 4.78 is 5.18. The van der Waals surface area contributed by atoms with E-state index in [0.29, 0.717) is 17.9 Å². The number of carbonyl (C=O) groups excluding carboxylic acids is 2. The van der Waals surface area contributed by atoms with Crippen LogP contribution in [0.25, 0.3) is 17.0 Å². The summed E-state index contributed by atoms with van der Waals surface area (Å²) in [6.07, 6.45) is 3.65. The van der Waals surface area contributed by atoms with Crippen LogP contribution in [0.5, 0.6) is 5.88 Å². The number of aryl methyl sites for hydroxylation is 1. The van der Waals surface area contributed by atoms with Gasteiger partial charge in [0.2, 0.25) is 12.3 Å². The van der Waals surface area contributed by atoms with Crippen molar-refractivity contribution in [3.8, 4) is 5.88 Å². The molecule has 26 heavy (non-hydrogen) atoms. The molecule has 3 rings (SSSR count). The first-order valence-corrected chi connectivity index (χ1v) is 8.09. The molecule has 0 atom stereocenters. The van der Waals surface area contributed by atoms with Crippen LogP contribution in [-0.4, -0.2) is 29.3 Å². The van der Waals surface area contributed by atoms with E-state index in [1.54, 1.807) is 31.4 Å². The standard InChI is InChI=1S/C21H18N2O3/c1-15-6-3-4-9-18(15)21(25)23(14-24)13-12-17-8-5-7-16-10-11-19(26-2)22-20(16)17/h3-14H,1-2H3/b13-12+. The summed E-state index contributed by atoms with van der Waals surface area (Å²) in [6, 6.07) is 16.6. The summed E-state index contributed by atoms with van der Waals surface area (Å²) in [4.78, 5) is 29.5. The number of pyridine rings is 1. The van der Waals surface area contributed by atoms with Gasteiger partial charge in [0.1, 0.15) is 0 Å². The molecule has 0 saturated heterocycles. The van der Waals surface area contributed by atoms with E-state index in [9.17, 15) is 9.59 Å². The molecular weight excluding hydrogens is 328 g/mol. The van der Waals surface area contributed by atoms with Crippen LogP contribution in [0, 0.1) is 6.92 Å². The highest BCUT2D eigenvalue weighted by Gasteiger charge is 2.14. The molecule has 2 amide bonds. The van der Waals surface area contributed by atoms with Crippen molar-refractivity contribution in [3.05, 3.63) is 77.5 Å². The van der Waals surface area contributed by atoms with Crippen molar-refractivity contribution in [2.24, 2.45) is 0 Å². The number of carbonyl (C=O) groups is 2. The number of para-hydroxylation sites is 1. The van der Waals surface area contributed by atoms with Gasteiger partial charge < -0.3 is 4.74 Å². The highest BCUT2D eigenvalue weighted by molar-refractivity contribution is 6.02. The number of hydrogen-bond acceptors (Lipinski definition) is 4. The molecule has 0 radical (unpaired) electrons. The molecule has 2 aromatic carbocycles. The van der Waals surface area contributed by atoms with Gasteiger partial charge in [0.05, 0.1) is 12.6 Å². The maximum Gasteiger partial charge on any atom is 0.264 e. The summed E-state index contributed by atoms with van der Waals surface area (Å²) in [5.74, 6) is 0.127. The van der Waals surface area contributed by atoms with Crippen LogP contribution in [0.4, 0.5) is 0 Å². The Labute approximate surface area is 151 Å². The van der Waals surface area contributed by atoms with Crippen molar-refractivity contribution in [2.75, 3.05) is 7.11 Å². The molecule has 5 heteroatoms. The molecule has 0 N–H and O–H groups in total. The number of aromatic nitrogens is 1. The fourth-order valence-corrected chi connectivity index (χ4v) is 2.66. The van der Waals surface area contributed by atoms with Crippen molar-refractivity contribution >= 4 is 29.3 Å². The number of imide groups is 1. The van der Waals surface area contributed by atoms with E-state index in [-0.39, 0.29) is 5.91 Å². The van der Waals surface area contributed by atoms with E-state index in [4.69, 9.17) is 4.74 Å². The predicted molar refractivity (Wildman–Crippen MR) is 101 cm³/mol. The topological polar surface area (TPSA) is 59.5 Å². The van der Waals surface area contributed by atoms with Crippen LogP contribution in [0.15, 0.2) is 60.8 Å². The van der Waals surface area contributed by atoms with Crippen molar-refractivity contribution < 1.29 is 14.3 Å². The second-order valence-corrected chi connectivity index (χ2v) is 5.72.